The van der Waals surface area contributed by atoms with E-state index in [0.29, 0.717) is 12.2 Å². The van der Waals surface area contributed by atoms with Gasteiger partial charge in [-0.2, -0.15) is 5.10 Å². The van der Waals surface area contributed by atoms with Gasteiger partial charge in [0, 0.05) is 16.9 Å². The van der Waals surface area contributed by atoms with Crippen LogP contribution in [0.25, 0.3) is 0 Å². The Labute approximate surface area is 125 Å². The molecule has 0 spiro atoms. The van der Waals surface area contributed by atoms with Gasteiger partial charge in [-0.25, -0.2) is 9.67 Å². The summed E-state index contributed by atoms with van der Waals surface area (Å²) in [6.07, 6.45) is 1.80. The van der Waals surface area contributed by atoms with Crippen LogP contribution in [0.1, 0.15) is 37.2 Å². The van der Waals surface area contributed by atoms with Crippen LogP contribution in [-0.2, 0) is 11.2 Å². The van der Waals surface area contributed by atoms with E-state index in [1.54, 1.807) is 4.68 Å². The van der Waals surface area contributed by atoms with E-state index in [9.17, 15) is 9.90 Å². The van der Waals surface area contributed by atoms with Crippen LogP contribution in [0.5, 0.6) is 0 Å². The molecule has 0 aliphatic carbocycles. The third-order valence-corrected chi connectivity index (χ3v) is 3.62. The Bertz CT molecular complexity index is 593. The Morgan fingerprint density at radius 3 is 2.55 bits per heavy atom. The van der Waals surface area contributed by atoms with Gasteiger partial charge in [0.2, 0.25) is 0 Å². The first-order valence-corrected chi connectivity index (χ1v) is 7.15. The van der Waals surface area contributed by atoms with Crippen molar-refractivity contribution >= 4 is 21.9 Å². The highest BCUT2D eigenvalue weighted by Gasteiger charge is 2.23. The minimum atomic E-state index is -0.856. The molecule has 0 saturated heterocycles. The first kappa shape index (κ1) is 14.7. The maximum atomic E-state index is 11.5. The molecule has 5 nitrogen and oxygen atoms in total. The second-order valence-electron chi connectivity index (χ2n) is 4.86. The highest BCUT2D eigenvalue weighted by molar-refractivity contribution is 9.10. The van der Waals surface area contributed by atoms with Crippen LogP contribution in [0.3, 0.4) is 0 Å². The molecule has 0 amide bonds. The number of nitrogens with zero attached hydrogens (tertiary/aromatic N) is 3. The second kappa shape index (κ2) is 6.17. The maximum absolute atomic E-state index is 11.5. The summed E-state index contributed by atoms with van der Waals surface area (Å²) in [5.41, 5.74) is 0.763. The Morgan fingerprint density at radius 2 is 2.00 bits per heavy atom. The van der Waals surface area contributed by atoms with Crippen molar-refractivity contribution in [1.82, 2.24) is 14.8 Å². The lowest BCUT2D eigenvalue weighted by atomic mass is 9.95. The molecular formula is C14H16BrN3O2. The van der Waals surface area contributed by atoms with Gasteiger partial charge in [0.25, 0.3) is 0 Å². The van der Waals surface area contributed by atoms with Gasteiger partial charge < -0.3 is 5.11 Å². The fourth-order valence-electron chi connectivity index (χ4n) is 2.08. The van der Waals surface area contributed by atoms with Crippen molar-refractivity contribution in [3.63, 3.8) is 0 Å². The topological polar surface area (TPSA) is 68.0 Å². The van der Waals surface area contributed by atoms with Gasteiger partial charge in [-0.05, 0) is 31.5 Å². The summed E-state index contributed by atoms with van der Waals surface area (Å²) >= 11 is 3.35. The maximum Gasteiger partial charge on any atom is 0.311 e. The molecule has 20 heavy (non-hydrogen) atoms. The summed E-state index contributed by atoms with van der Waals surface area (Å²) in [5.74, 6) is -0.786. The normalized spacial score (nSPS) is 12.6. The standard InChI is InChI=1S/C14H16BrN3O2/c1-9(2)18-13(16-8-17-18)7-12(14(19)20)10-3-5-11(15)6-4-10/h3-6,8-9,12H,7H2,1-2H3,(H,19,20). The first-order valence-electron chi connectivity index (χ1n) is 6.35. The van der Waals surface area contributed by atoms with Crippen LogP contribution >= 0.6 is 15.9 Å². The number of rotatable bonds is 5. The molecule has 0 bridgehead atoms. The molecule has 1 aromatic heterocycles. The van der Waals surface area contributed by atoms with Crippen LogP contribution in [-0.4, -0.2) is 25.8 Å². The van der Waals surface area contributed by atoms with Crippen LogP contribution in [0, 0.1) is 0 Å². The highest BCUT2D eigenvalue weighted by Crippen LogP contribution is 2.23. The molecule has 1 heterocycles. The zero-order valence-corrected chi connectivity index (χ0v) is 12.9. The number of aromatic nitrogens is 3. The van der Waals surface area contributed by atoms with Gasteiger partial charge in [-0.1, -0.05) is 28.1 Å². The Morgan fingerprint density at radius 1 is 1.35 bits per heavy atom. The molecule has 0 radical (unpaired) electrons. The van der Waals surface area contributed by atoms with E-state index in [1.165, 1.54) is 6.33 Å². The van der Waals surface area contributed by atoms with E-state index in [4.69, 9.17) is 0 Å². The number of aliphatic carboxylic acids is 1. The number of carboxylic acid groups (broad SMARTS) is 1. The van der Waals surface area contributed by atoms with Crippen molar-refractivity contribution in [2.45, 2.75) is 32.2 Å². The first-order chi connectivity index (χ1) is 9.49. The number of halogens is 1. The van der Waals surface area contributed by atoms with Crippen LogP contribution < -0.4 is 0 Å². The molecule has 1 aromatic carbocycles. The van der Waals surface area contributed by atoms with Crippen molar-refractivity contribution in [3.05, 3.63) is 46.5 Å². The van der Waals surface area contributed by atoms with E-state index in [0.717, 1.165) is 10.0 Å². The summed E-state index contributed by atoms with van der Waals surface area (Å²) in [5, 5.41) is 13.6. The average Bonchev–Trinajstić information content (AvgIpc) is 2.85. The predicted molar refractivity (Wildman–Crippen MR) is 78.6 cm³/mol. The molecule has 1 N–H and O–H groups in total. The number of carboxylic acids is 1. The summed E-state index contributed by atoms with van der Waals surface area (Å²) in [6.45, 7) is 3.99. The summed E-state index contributed by atoms with van der Waals surface area (Å²) in [7, 11) is 0. The molecular weight excluding hydrogens is 322 g/mol. The molecule has 6 heteroatoms. The van der Waals surface area contributed by atoms with Crippen molar-refractivity contribution in [2.24, 2.45) is 0 Å². The van der Waals surface area contributed by atoms with Gasteiger partial charge in [-0.15, -0.1) is 0 Å². The van der Waals surface area contributed by atoms with E-state index in [1.807, 2.05) is 38.1 Å². The SMILES string of the molecule is CC(C)n1ncnc1CC(C(=O)O)c1ccc(Br)cc1. The minimum Gasteiger partial charge on any atom is -0.481 e. The van der Waals surface area contributed by atoms with Crippen molar-refractivity contribution in [2.75, 3.05) is 0 Å². The lowest BCUT2D eigenvalue weighted by Crippen LogP contribution is -2.18. The molecule has 2 aromatic rings. The van der Waals surface area contributed by atoms with Gasteiger partial charge in [0.15, 0.2) is 0 Å². The number of hydrogen-bond acceptors (Lipinski definition) is 3. The summed E-state index contributed by atoms with van der Waals surface area (Å²) in [4.78, 5) is 15.7. The largest absolute Gasteiger partial charge is 0.481 e. The van der Waals surface area contributed by atoms with Crippen molar-refractivity contribution in [3.8, 4) is 0 Å². The third-order valence-electron chi connectivity index (χ3n) is 3.09. The molecule has 1 unspecified atom stereocenters. The van der Waals surface area contributed by atoms with Crippen molar-refractivity contribution < 1.29 is 9.90 Å². The Balaban J connectivity index is 2.28. The second-order valence-corrected chi connectivity index (χ2v) is 5.78. The molecule has 2 rings (SSSR count). The molecule has 0 saturated carbocycles. The van der Waals surface area contributed by atoms with Crippen molar-refractivity contribution in [1.29, 1.82) is 0 Å². The predicted octanol–water partition coefficient (Wildman–Crippen LogP) is 3.03. The third kappa shape index (κ3) is 3.25. The fourth-order valence-corrected chi connectivity index (χ4v) is 2.34. The van der Waals surface area contributed by atoms with E-state index < -0.39 is 11.9 Å². The Hall–Kier alpha value is -1.69. The van der Waals surface area contributed by atoms with Gasteiger partial charge in [-0.3, -0.25) is 4.79 Å². The molecule has 0 aliphatic rings. The number of hydrogen-bond donors (Lipinski definition) is 1. The lowest BCUT2D eigenvalue weighted by molar-refractivity contribution is -0.138. The van der Waals surface area contributed by atoms with E-state index in [-0.39, 0.29) is 6.04 Å². The summed E-state index contributed by atoms with van der Waals surface area (Å²) < 4.78 is 2.69. The minimum absolute atomic E-state index is 0.159. The molecule has 106 valence electrons. The molecule has 1 atom stereocenters. The quantitative estimate of drug-likeness (QED) is 0.910. The van der Waals surface area contributed by atoms with E-state index in [2.05, 4.69) is 26.0 Å². The lowest BCUT2D eigenvalue weighted by Gasteiger charge is -2.15. The van der Waals surface area contributed by atoms with Crippen LogP contribution in [0.2, 0.25) is 0 Å². The summed E-state index contributed by atoms with van der Waals surface area (Å²) in [6, 6.07) is 7.49. The smallest absolute Gasteiger partial charge is 0.311 e. The van der Waals surface area contributed by atoms with Gasteiger partial charge >= 0.3 is 5.97 Å². The molecule has 0 fully saturated rings. The van der Waals surface area contributed by atoms with E-state index >= 15 is 0 Å². The van der Waals surface area contributed by atoms with Gasteiger partial charge in [0.1, 0.15) is 12.2 Å². The number of benzene rings is 1. The van der Waals surface area contributed by atoms with Crippen LogP contribution in [0.15, 0.2) is 35.1 Å². The number of carbonyl (C=O) groups is 1. The van der Waals surface area contributed by atoms with Gasteiger partial charge in [0.05, 0.1) is 5.92 Å². The zero-order valence-electron chi connectivity index (χ0n) is 11.3. The zero-order chi connectivity index (χ0) is 14.7. The molecule has 0 aliphatic heterocycles. The van der Waals surface area contributed by atoms with Crippen LogP contribution in [0.4, 0.5) is 0 Å². The highest BCUT2D eigenvalue weighted by atomic mass is 79.9. The fraction of sp³-hybridized carbons (Fsp3) is 0.357. The average molecular weight is 338 g/mol. The monoisotopic (exact) mass is 337 g/mol. The Kier molecular flexibility index (Phi) is 4.54.